The fraction of sp³-hybridized carbons (Fsp3) is 0.500. The lowest BCUT2D eigenvalue weighted by molar-refractivity contribution is -0.145. The van der Waals surface area contributed by atoms with Crippen molar-refractivity contribution in [3.63, 3.8) is 0 Å². The van der Waals surface area contributed by atoms with Gasteiger partial charge in [-0.3, -0.25) is 9.69 Å². The van der Waals surface area contributed by atoms with Crippen LogP contribution in [-0.4, -0.2) is 33.7 Å². The molecule has 2 rings (SSSR count). The number of aliphatic carboxylic acids is 1. The van der Waals surface area contributed by atoms with Crippen LogP contribution < -0.4 is 0 Å². The number of phenols is 1. The average Bonchev–Trinajstić information content (AvgIpc) is 2.39. The van der Waals surface area contributed by atoms with Crippen LogP contribution in [0.1, 0.15) is 37.8 Å². The van der Waals surface area contributed by atoms with Crippen molar-refractivity contribution in [2.45, 2.75) is 38.3 Å². The maximum atomic E-state index is 11.3. The molecule has 1 aromatic rings. The molecule has 0 amide bonds. The minimum atomic E-state index is -0.736. The number of carboxylic acids is 1. The van der Waals surface area contributed by atoms with E-state index >= 15 is 0 Å². The highest BCUT2D eigenvalue weighted by molar-refractivity contribution is 5.73. The summed E-state index contributed by atoms with van der Waals surface area (Å²) in [7, 11) is 0. The molecular formula is C14H19NO3. The van der Waals surface area contributed by atoms with Crippen LogP contribution in [0.15, 0.2) is 24.3 Å². The molecule has 0 aromatic heterocycles. The van der Waals surface area contributed by atoms with Gasteiger partial charge in [-0.05, 0) is 44.0 Å². The van der Waals surface area contributed by atoms with E-state index in [1.807, 2.05) is 24.0 Å². The molecular weight excluding hydrogens is 230 g/mol. The number of rotatable bonds is 3. The average molecular weight is 249 g/mol. The second kappa shape index (κ2) is 5.40. The smallest absolute Gasteiger partial charge is 0.320 e. The van der Waals surface area contributed by atoms with Gasteiger partial charge in [0.15, 0.2) is 0 Å². The van der Waals surface area contributed by atoms with Gasteiger partial charge in [0.2, 0.25) is 0 Å². The third-order valence-electron chi connectivity index (χ3n) is 3.70. The molecule has 1 aliphatic heterocycles. The van der Waals surface area contributed by atoms with E-state index in [2.05, 4.69) is 0 Å². The van der Waals surface area contributed by atoms with Gasteiger partial charge in [0.05, 0.1) is 0 Å². The van der Waals surface area contributed by atoms with E-state index in [4.69, 9.17) is 0 Å². The Morgan fingerprint density at radius 1 is 1.33 bits per heavy atom. The number of aromatic hydroxyl groups is 1. The van der Waals surface area contributed by atoms with Crippen LogP contribution >= 0.6 is 0 Å². The molecule has 0 radical (unpaired) electrons. The number of nitrogens with zero attached hydrogens (tertiary/aromatic N) is 1. The number of carbonyl (C=O) groups is 1. The first-order chi connectivity index (χ1) is 8.59. The Labute approximate surface area is 107 Å². The van der Waals surface area contributed by atoms with E-state index in [9.17, 15) is 15.0 Å². The lowest BCUT2D eigenvalue weighted by atomic mass is 9.97. The summed E-state index contributed by atoms with van der Waals surface area (Å²) in [6.45, 7) is 2.84. The Morgan fingerprint density at radius 2 is 2.00 bits per heavy atom. The molecule has 0 saturated carbocycles. The molecule has 1 saturated heterocycles. The summed E-state index contributed by atoms with van der Waals surface area (Å²) in [4.78, 5) is 13.3. The van der Waals surface area contributed by atoms with E-state index < -0.39 is 5.97 Å². The van der Waals surface area contributed by atoms with Crippen molar-refractivity contribution in [3.05, 3.63) is 29.8 Å². The SMILES string of the molecule is CC(c1ccc(O)cc1)N1CCCCC1C(=O)O. The van der Waals surface area contributed by atoms with Gasteiger partial charge in [0.25, 0.3) is 0 Å². The number of phenolic OH excluding ortho intramolecular Hbond substituents is 1. The largest absolute Gasteiger partial charge is 0.508 e. The van der Waals surface area contributed by atoms with Gasteiger partial charge >= 0.3 is 5.97 Å². The van der Waals surface area contributed by atoms with Crippen LogP contribution in [0.4, 0.5) is 0 Å². The second-order valence-electron chi connectivity index (χ2n) is 4.86. The summed E-state index contributed by atoms with van der Waals surface area (Å²) in [5, 5.41) is 18.5. The van der Waals surface area contributed by atoms with Gasteiger partial charge in [-0.25, -0.2) is 0 Å². The molecule has 1 heterocycles. The van der Waals surface area contributed by atoms with Gasteiger partial charge < -0.3 is 10.2 Å². The van der Waals surface area contributed by atoms with Crippen molar-refractivity contribution in [2.75, 3.05) is 6.54 Å². The Morgan fingerprint density at radius 3 is 2.61 bits per heavy atom. The summed E-state index contributed by atoms with van der Waals surface area (Å²) in [5.74, 6) is -0.500. The van der Waals surface area contributed by atoms with Crippen LogP contribution in [0.3, 0.4) is 0 Å². The van der Waals surface area contributed by atoms with Crippen molar-refractivity contribution in [1.82, 2.24) is 4.90 Å². The predicted octanol–water partition coefficient (Wildman–Crippen LogP) is 2.39. The van der Waals surface area contributed by atoms with Crippen LogP contribution in [0.25, 0.3) is 0 Å². The zero-order valence-corrected chi connectivity index (χ0v) is 10.5. The minimum absolute atomic E-state index is 0.0620. The molecule has 1 aliphatic rings. The summed E-state index contributed by atoms with van der Waals surface area (Å²) >= 11 is 0. The van der Waals surface area contributed by atoms with Gasteiger partial charge in [-0.15, -0.1) is 0 Å². The number of benzene rings is 1. The van der Waals surface area contributed by atoms with Gasteiger partial charge in [0, 0.05) is 6.04 Å². The van der Waals surface area contributed by atoms with Crippen molar-refractivity contribution in [1.29, 1.82) is 0 Å². The maximum absolute atomic E-state index is 11.3. The highest BCUT2D eigenvalue weighted by Crippen LogP contribution is 2.29. The molecule has 0 spiro atoms. The number of likely N-dealkylation sites (tertiary alicyclic amines) is 1. The summed E-state index contributed by atoms with van der Waals surface area (Å²) < 4.78 is 0. The molecule has 98 valence electrons. The first kappa shape index (κ1) is 12.9. The Balaban J connectivity index is 2.17. The molecule has 2 unspecified atom stereocenters. The molecule has 1 fully saturated rings. The maximum Gasteiger partial charge on any atom is 0.320 e. The third-order valence-corrected chi connectivity index (χ3v) is 3.70. The van der Waals surface area contributed by atoms with Gasteiger partial charge in [-0.2, -0.15) is 0 Å². The zero-order chi connectivity index (χ0) is 13.1. The van der Waals surface area contributed by atoms with Crippen LogP contribution in [0.5, 0.6) is 5.75 Å². The molecule has 4 heteroatoms. The number of carboxylic acid groups (broad SMARTS) is 1. The van der Waals surface area contributed by atoms with Crippen LogP contribution in [-0.2, 0) is 4.79 Å². The highest BCUT2D eigenvalue weighted by Gasteiger charge is 2.31. The Hall–Kier alpha value is -1.55. The van der Waals surface area contributed by atoms with E-state index in [-0.39, 0.29) is 17.8 Å². The number of hydrogen-bond donors (Lipinski definition) is 2. The van der Waals surface area contributed by atoms with Crippen molar-refractivity contribution in [2.24, 2.45) is 0 Å². The van der Waals surface area contributed by atoms with Crippen molar-refractivity contribution in [3.8, 4) is 5.75 Å². The summed E-state index contributed by atoms with van der Waals surface area (Å²) in [5.41, 5.74) is 1.04. The Kier molecular flexibility index (Phi) is 3.87. The lowest BCUT2D eigenvalue weighted by Crippen LogP contribution is -2.45. The summed E-state index contributed by atoms with van der Waals surface area (Å²) in [6.07, 6.45) is 2.75. The first-order valence-electron chi connectivity index (χ1n) is 6.37. The van der Waals surface area contributed by atoms with Crippen LogP contribution in [0.2, 0.25) is 0 Å². The molecule has 1 aromatic carbocycles. The van der Waals surface area contributed by atoms with E-state index in [1.54, 1.807) is 12.1 Å². The molecule has 2 atom stereocenters. The molecule has 18 heavy (non-hydrogen) atoms. The second-order valence-corrected chi connectivity index (χ2v) is 4.86. The summed E-state index contributed by atoms with van der Waals surface area (Å²) in [6, 6.07) is 6.67. The van der Waals surface area contributed by atoms with Crippen LogP contribution in [0, 0.1) is 0 Å². The minimum Gasteiger partial charge on any atom is -0.508 e. The van der Waals surface area contributed by atoms with Crippen molar-refractivity contribution < 1.29 is 15.0 Å². The molecule has 0 aliphatic carbocycles. The lowest BCUT2D eigenvalue weighted by Gasteiger charge is -2.37. The normalized spacial score (nSPS) is 22.6. The van der Waals surface area contributed by atoms with Crippen molar-refractivity contribution >= 4 is 5.97 Å². The topological polar surface area (TPSA) is 60.8 Å². The standard InChI is InChI=1S/C14H19NO3/c1-10(11-5-7-12(16)8-6-11)15-9-3-2-4-13(15)14(17)18/h5-8,10,13,16H,2-4,9H2,1H3,(H,17,18). The number of piperidine rings is 1. The number of hydrogen-bond acceptors (Lipinski definition) is 3. The predicted molar refractivity (Wildman–Crippen MR) is 68.5 cm³/mol. The zero-order valence-electron chi connectivity index (χ0n) is 10.5. The quantitative estimate of drug-likeness (QED) is 0.863. The fourth-order valence-corrected chi connectivity index (χ4v) is 2.63. The molecule has 0 bridgehead atoms. The molecule has 4 nitrogen and oxygen atoms in total. The van der Waals surface area contributed by atoms with Gasteiger partial charge in [-0.1, -0.05) is 18.6 Å². The third kappa shape index (κ3) is 2.64. The highest BCUT2D eigenvalue weighted by atomic mass is 16.4. The van der Waals surface area contributed by atoms with E-state index in [0.29, 0.717) is 0 Å². The van der Waals surface area contributed by atoms with Gasteiger partial charge in [0.1, 0.15) is 11.8 Å². The van der Waals surface area contributed by atoms with E-state index in [1.165, 1.54) is 0 Å². The molecule has 2 N–H and O–H groups in total. The Bertz CT molecular complexity index is 416. The monoisotopic (exact) mass is 249 g/mol. The first-order valence-corrected chi connectivity index (χ1v) is 6.37. The fourth-order valence-electron chi connectivity index (χ4n) is 2.63. The van der Waals surface area contributed by atoms with E-state index in [0.717, 1.165) is 31.4 Å².